The second-order valence-electron chi connectivity index (χ2n) is 13.0. The van der Waals surface area contributed by atoms with E-state index in [0.29, 0.717) is 17.7 Å². The van der Waals surface area contributed by atoms with Gasteiger partial charge in [-0.05, 0) is 77.6 Å². The lowest BCUT2D eigenvalue weighted by atomic mass is 9.86. The number of hydrogen-bond donors (Lipinski definition) is 2. The van der Waals surface area contributed by atoms with Crippen LogP contribution in [-0.4, -0.2) is 36.9 Å². The minimum atomic E-state index is -4.21. The Morgan fingerprint density at radius 3 is 2.20 bits per heavy atom. The third-order valence-electron chi connectivity index (χ3n) is 7.75. The van der Waals surface area contributed by atoms with E-state index in [2.05, 4.69) is 54.6 Å². The summed E-state index contributed by atoms with van der Waals surface area (Å²) in [6, 6.07) is 19.9. The van der Waals surface area contributed by atoms with E-state index in [1.54, 1.807) is 18.2 Å². The number of hydrogen-bond acceptors (Lipinski definition) is 6. The van der Waals surface area contributed by atoms with Crippen molar-refractivity contribution in [3.8, 4) is 28.3 Å². The third kappa shape index (κ3) is 6.94. The van der Waals surface area contributed by atoms with Gasteiger partial charge in [-0.15, -0.1) is 0 Å². The second kappa shape index (κ2) is 12.0. The van der Waals surface area contributed by atoms with Crippen LogP contribution in [0.3, 0.4) is 0 Å². The number of carbonyl (C=O) groups excluding carboxylic acids is 1. The van der Waals surface area contributed by atoms with Crippen molar-refractivity contribution < 1.29 is 17.9 Å². The summed E-state index contributed by atoms with van der Waals surface area (Å²) in [7, 11) is -4.21. The number of nitrogens with zero attached hydrogens (tertiary/aromatic N) is 2. The van der Waals surface area contributed by atoms with E-state index >= 15 is 0 Å². The van der Waals surface area contributed by atoms with E-state index in [9.17, 15) is 13.2 Å². The first kappa shape index (κ1) is 31.2. The molecule has 4 aromatic rings. The van der Waals surface area contributed by atoms with Gasteiger partial charge >= 0.3 is 0 Å². The molecule has 44 heavy (non-hydrogen) atoms. The Morgan fingerprint density at radius 2 is 1.57 bits per heavy atom. The molecule has 4 bridgehead atoms. The fraction of sp³-hybridized carbons (Fsp3) is 0.343. The molecule has 8 nitrogen and oxygen atoms in total. The van der Waals surface area contributed by atoms with Gasteiger partial charge < -0.3 is 10.1 Å². The molecule has 0 radical (unpaired) electrons. The summed E-state index contributed by atoms with van der Waals surface area (Å²) in [5.74, 6) is -0.00219. The van der Waals surface area contributed by atoms with Crippen molar-refractivity contribution in [1.82, 2.24) is 15.3 Å². The Hall–Kier alpha value is -4.24. The number of ether oxygens (including phenoxy) is 1. The van der Waals surface area contributed by atoms with Crippen molar-refractivity contribution >= 4 is 21.9 Å². The third-order valence-corrected chi connectivity index (χ3v) is 9.06. The first-order chi connectivity index (χ1) is 20.7. The molecular formula is C35H40N4O4S. The molecule has 2 heterocycles. The molecule has 0 fully saturated rings. The van der Waals surface area contributed by atoms with Gasteiger partial charge in [0, 0.05) is 17.2 Å². The minimum Gasteiger partial charge on any atom is -0.475 e. The molecule has 0 saturated carbocycles. The molecule has 1 amide bonds. The Bertz CT molecular complexity index is 1790. The number of rotatable bonds is 4. The predicted molar refractivity (Wildman–Crippen MR) is 175 cm³/mol. The van der Waals surface area contributed by atoms with Crippen LogP contribution in [0.25, 0.3) is 22.4 Å². The van der Waals surface area contributed by atoms with Gasteiger partial charge in [-0.2, -0.15) is 4.98 Å². The van der Waals surface area contributed by atoms with Crippen LogP contribution in [-0.2, 0) is 15.4 Å². The van der Waals surface area contributed by atoms with Crippen molar-refractivity contribution in [3.05, 3.63) is 89.0 Å². The molecule has 3 aromatic carbocycles. The Balaban J connectivity index is 1.66. The number of sulfonamides is 1. The molecule has 2 N–H and O–H groups in total. The molecule has 0 spiro atoms. The van der Waals surface area contributed by atoms with Gasteiger partial charge in [0.2, 0.25) is 11.8 Å². The van der Waals surface area contributed by atoms with E-state index in [4.69, 9.17) is 4.74 Å². The van der Waals surface area contributed by atoms with Gasteiger partial charge in [-0.1, -0.05) is 77.1 Å². The van der Waals surface area contributed by atoms with Crippen LogP contribution in [0.1, 0.15) is 68.1 Å². The molecule has 1 aromatic heterocycles. The molecule has 1 aliphatic rings. The van der Waals surface area contributed by atoms with Crippen molar-refractivity contribution in [2.45, 2.75) is 71.2 Å². The van der Waals surface area contributed by atoms with Crippen molar-refractivity contribution in [1.29, 1.82) is 0 Å². The SMILES string of the molecule is Cc1cccc(C)c1-c1cc2nc(n1)NS(=O)(=O)c1cc(cc(-c3ccc(C(C)(C)C)cc3)c1)C(=O)N[C@H](CC(C)C)CO2. The lowest BCUT2D eigenvalue weighted by Gasteiger charge is -2.21. The summed E-state index contributed by atoms with van der Waals surface area (Å²) in [6.45, 7) is 14.7. The van der Waals surface area contributed by atoms with Crippen molar-refractivity contribution in [2.75, 3.05) is 11.3 Å². The smallest absolute Gasteiger partial charge is 0.264 e. The quantitative estimate of drug-likeness (QED) is 0.255. The Morgan fingerprint density at radius 1 is 0.909 bits per heavy atom. The van der Waals surface area contributed by atoms with Gasteiger partial charge in [-0.25, -0.2) is 18.1 Å². The number of amides is 1. The number of aryl methyl sites for hydroxylation is 2. The summed E-state index contributed by atoms with van der Waals surface area (Å²) in [5, 5.41) is 3.08. The number of carbonyl (C=O) groups is 1. The van der Waals surface area contributed by atoms with Crippen LogP contribution in [0.15, 0.2) is 71.6 Å². The Labute approximate surface area is 260 Å². The number of benzene rings is 3. The number of anilines is 1. The average Bonchev–Trinajstić information content (AvgIpc) is 2.94. The molecule has 0 saturated heterocycles. The van der Waals surface area contributed by atoms with Crippen LogP contribution in [0.2, 0.25) is 0 Å². The minimum absolute atomic E-state index is 0.0390. The maximum Gasteiger partial charge on any atom is 0.264 e. The van der Waals surface area contributed by atoms with Crippen LogP contribution in [0.5, 0.6) is 5.88 Å². The topological polar surface area (TPSA) is 110 Å². The molecule has 1 aliphatic heterocycles. The molecular weight excluding hydrogens is 572 g/mol. The molecule has 9 heteroatoms. The molecule has 0 aliphatic carbocycles. The number of aromatic nitrogens is 2. The largest absolute Gasteiger partial charge is 0.475 e. The zero-order valence-electron chi connectivity index (χ0n) is 26.4. The first-order valence-corrected chi connectivity index (χ1v) is 16.4. The van der Waals surface area contributed by atoms with Gasteiger partial charge in [0.15, 0.2) is 0 Å². The highest BCUT2D eigenvalue weighted by Crippen LogP contribution is 2.32. The lowest BCUT2D eigenvalue weighted by Crippen LogP contribution is -2.40. The van der Waals surface area contributed by atoms with E-state index < -0.39 is 10.0 Å². The van der Waals surface area contributed by atoms with E-state index in [-0.39, 0.29) is 52.2 Å². The first-order valence-electron chi connectivity index (χ1n) is 14.9. The fourth-order valence-corrected chi connectivity index (χ4v) is 6.49. The highest BCUT2D eigenvalue weighted by molar-refractivity contribution is 7.92. The van der Waals surface area contributed by atoms with Gasteiger partial charge in [0.1, 0.15) is 6.61 Å². The maximum absolute atomic E-state index is 13.9. The average molecular weight is 613 g/mol. The van der Waals surface area contributed by atoms with E-state index in [0.717, 1.165) is 27.8 Å². The molecule has 1 atom stereocenters. The Kier molecular flexibility index (Phi) is 8.53. The fourth-order valence-electron chi connectivity index (χ4n) is 5.48. The van der Waals surface area contributed by atoms with Crippen molar-refractivity contribution in [2.24, 2.45) is 5.92 Å². The summed E-state index contributed by atoms with van der Waals surface area (Å²) in [5.41, 5.74) is 6.14. The molecule has 5 rings (SSSR count). The lowest BCUT2D eigenvalue weighted by molar-refractivity contribution is 0.0913. The zero-order chi connectivity index (χ0) is 31.8. The summed E-state index contributed by atoms with van der Waals surface area (Å²) in [4.78, 5) is 22.6. The van der Waals surface area contributed by atoms with Crippen molar-refractivity contribution in [3.63, 3.8) is 0 Å². The summed E-state index contributed by atoms with van der Waals surface area (Å²) < 4.78 is 36.4. The van der Waals surface area contributed by atoms with Crippen LogP contribution < -0.4 is 14.8 Å². The zero-order valence-corrected chi connectivity index (χ0v) is 27.2. The molecule has 0 unspecified atom stereocenters. The normalized spacial score (nSPS) is 16.5. The highest BCUT2D eigenvalue weighted by Gasteiger charge is 2.25. The van der Waals surface area contributed by atoms with Crippen LogP contribution in [0, 0.1) is 19.8 Å². The summed E-state index contributed by atoms with van der Waals surface area (Å²) in [6.07, 6.45) is 0.658. The van der Waals surface area contributed by atoms with Crippen LogP contribution >= 0.6 is 0 Å². The monoisotopic (exact) mass is 612 g/mol. The van der Waals surface area contributed by atoms with Gasteiger partial charge in [0.25, 0.3) is 15.9 Å². The predicted octanol–water partition coefficient (Wildman–Crippen LogP) is 7.06. The number of nitrogens with one attached hydrogen (secondary N) is 2. The van der Waals surface area contributed by atoms with E-state index in [1.807, 2.05) is 56.3 Å². The number of fused-ring (bicyclic) bond motifs is 4. The second-order valence-corrected chi connectivity index (χ2v) is 14.7. The molecule has 230 valence electrons. The highest BCUT2D eigenvalue weighted by atomic mass is 32.2. The standard InChI is InChI=1S/C35H40N4O4S/c1-21(2)15-28-20-43-31-19-30(32-22(3)9-8-10-23(32)4)37-34(38-31)39-44(41,42)29-17-25(16-26(18-29)33(40)36-28)24-11-13-27(14-12-24)35(5,6)7/h8-14,16-19,21,28H,15,20H2,1-7H3,(H,36,40)(H,37,38,39)/t28-/m1/s1. The van der Waals surface area contributed by atoms with Crippen LogP contribution in [0.4, 0.5) is 5.95 Å². The van der Waals surface area contributed by atoms with E-state index in [1.165, 1.54) is 6.07 Å². The van der Waals surface area contributed by atoms with Gasteiger partial charge in [0.05, 0.1) is 16.6 Å². The summed E-state index contributed by atoms with van der Waals surface area (Å²) >= 11 is 0. The van der Waals surface area contributed by atoms with Gasteiger partial charge in [-0.3, -0.25) is 4.79 Å². The maximum atomic E-state index is 13.9.